The Hall–Kier alpha value is -2.20. The minimum absolute atomic E-state index is 0.00212. The van der Waals surface area contributed by atoms with Crippen LogP contribution in [-0.2, 0) is 41.4 Å². The van der Waals surface area contributed by atoms with Gasteiger partial charge < -0.3 is 4.90 Å². The highest BCUT2D eigenvalue weighted by atomic mass is 32.2. The van der Waals surface area contributed by atoms with Crippen molar-refractivity contribution in [1.82, 2.24) is 0 Å². The molecular formula is C22H27NO6S2. The van der Waals surface area contributed by atoms with E-state index in [1.54, 1.807) is 0 Å². The fourth-order valence-electron chi connectivity index (χ4n) is 3.76. The van der Waals surface area contributed by atoms with E-state index in [0.29, 0.717) is 12.8 Å². The van der Waals surface area contributed by atoms with Crippen LogP contribution in [0.3, 0.4) is 0 Å². The number of hydrogen-bond donors (Lipinski definition) is 0. The average molecular weight is 466 g/mol. The lowest BCUT2D eigenvalue weighted by atomic mass is 9.94. The van der Waals surface area contributed by atoms with Gasteiger partial charge in [0.2, 0.25) is 0 Å². The molecule has 2 aromatic rings. The maximum Gasteiger partial charge on any atom is 0.264 e. The van der Waals surface area contributed by atoms with E-state index in [1.165, 1.54) is 0 Å². The van der Waals surface area contributed by atoms with Gasteiger partial charge in [0.15, 0.2) is 0 Å². The molecule has 0 saturated heterocycles. The highest BCUT2D eigenvalue weighted by Gasteiger charge is 2.21. The molecule has 1 aliphatic heterocycles. The van der Waals surface area contributed by atoms with E-state index in [9.17, 15) is 16.8 Å². The molecule has 0 aromatic heterocycles. The third-order valence-corrected chi connectivity index (χ3v) is 6.20. The van der Waals surface area contributed by atoms with Gasteiger partial charge in [-0.3, -0.25) is 8.37 Å². The van der Waals surface area contributed by atoms with Crippen molar-refractivity contribution in [3.05, 3.63) is 58.7 Å². The summed E-state index contributed by atoms with van der Waals surface area (Å²) in [4.78, 5) is 2.21. The third-order valence-electron chi connectivity index (χ3n) is 5.01. The van der Waals surface area contributed by atoms with Crippen molar-refractivity contribution in [2.45, 2.75) is 19.8 Å². The zero-order valence-electron chi connectivity index (χ0n) is 17.9. The van der Waals surface area contributed by atoms with Crippen LogP contribution in [0.4, 0.5) is 11.4 Å². The Labute approximate surface area is 184 Å². The lowest BCUT2D eigenvalue weighted by Gasteiger charge is -2.27. The number of fused-ring (bicyclic) bond motifs is 2. The summed E-state index contributed by atoms with van der Waals surface area (Å²) in [5, 5.41) is 0. The molecule has 168 valence electrons. The van der Waals surface area contributed by atoms with Crippen LogP contribution in [0.25, 0.3) is 12.2 Å². The van der Waals surface area contributed by atoms with E-state index < -0.39 is 20.2 Å². The van der Waals surface area contributed by atoms with Gasteiger partial charge in [0.25, 0.3) is 20.2 Å². The second-order valence-electron chi connectivity index (χ2n) is 7.32. The van der Waals surface area contributed by atoms with E-state index in [4.69, 9.17) is 8.37 Å². The summed E-state index contributed by atoms with van der Waals surface area (Å²) in [6.45, 7) is 2.84. The Kier molecular flexibility index (Phi) is 7.20. The number of anilines is 2. The summed E-state index contributed by atoms with van der Waals surface area (Å²) >= 11 is 0. The van der Waals surface area contributed by atoms with Crippen LogP contribution < -0.4 is 4.90 Å². The number of benzene rings is 2. The van der Waals surface area contributed by atoms with Gasteiger partial charge >= 0.3 is 0 Å². The van der Waals surface area contributed by atoms with Crippen molar-refractivity contribution in [2.75, 3.05) is 37.2 Å². The zero-order chi connectivity index (χ0) is 22.6. The van der Waals surface area contributed by atoms with Gasteiger partial charge in [-0.05, 0) is 48.6 Å². The van der Waals surface area contributed by atoms with E-state index in [0.717, 1.165) is 52.7 Å². The quantitative estimate of drug-likeness (QED) is 0.525. The molecule has 0 aliphatic carbocycles. The maximum absolute atomic E-state index is 11.4. The van der Waals surface area contributed by atoms with Crippen LogP contribution in [0.15, 0.2) is 36.4 Å². The number of rotatable bonds is 9. The summed E-state index contributed by atoms with van der Waals surface area (Å²) in [5.41, 5.74) is 5.96. The van der Waals surface area contributed by atoms with Crippen LogP contribution in [0.2, 0.25) is 0 Å². The van der Waals surface area contributed by atoms with Gasteiger partial charge in [-0.1, -0.05) is 36.4 Å². The monoisotopic (exact) mass is 465 g/mol. The predicted octanol–water partition coefficient (Wildman–Crippen LogP) is 3.37. The van der Waals surface area contributed by atoms with Crippen molar-refractivity contribution in [1.29, 1.82) is 0 Å². The van der Waals surface area contributed by atoms with E-state index in [1.807, 2.05) is 42.5 Å². The van der Waals surface area contributed by atoms with Gasteiger partial charge in [0.05, 0.1) is 25.7 Å². The molecule has 1 heterocycles. The van der Waals surface area contributed by atoms with Gasteiger partial charge in [-0.25, -0.2) is 0 Å². The minimum Gasteiger partial charge on any atom is -0.341 e. The standard InChI is InChI=1S/C22H27NO6S2/c1-4-23-21-8-6-5-7-18(21)9-11-20-19(14-16-29-31(3,26)27)17(10-12-22(20)23)13-15-28-30(2,24)25/h5-12H,4,13-16H2,1-3H3. The summed E-state index contributed by atoms with van der Waals surface area (Å²) < 4.78 is 55.5. The maximum atomic E-state index is 11.4. The van der Waals surface area contributed by atoms with Gasteiger partial charge in [0.1, 0.15) is 0 Å². The first-order chi connectivity index (χ1) is 14.6. The van der Waals surface area contributed by atoms with Gasteiger partial charge in [-0.15, -0.1) is 0 Å². The fourth-order valence-corrected chi connectivity index (χ4v) is 4.54. The zero-order valence-corrected chi connectivity index (χ0v) is 19.5. The molecule has 3 rings (SSSR count). The van der Waals surface area contributed by atoms with E-state index in [2.05, 4.69) is 17.9 Å². The summed E-state index contributed by atoms with van der Waals surface area (Å²) in [6.07, 6.45) is 6.85. The topological polar surface area (TPSA) is 90.0 Å². The summed E-state index contributed by atoms with van der Waals surface area (Å²) in [6, 6.07) is 12.1. The van der Waals surface area contributed by atoms with Gasteiger partial charge in [-0.2, -0.15) is 16.8 Å². The molecule has 0 saturated carbocycles. The Morgan fingerprint density at radius 3 is 2.10 bits per heavy atom. The second-order valence-corrected chi connectivity index (χ2v) is 10.6. The van der Waals surface area contributed by atoms with Crippen molar-refractivity contribution in [2.24, 2.45) is 0 Å². The first-order valence-corrected chi connectivity index (χ1v) is 13.6. The Bertz CT molecular complexity index is 1190. The normalized spacial score (nSPS) is 13.6. The molecule has 2 aromatic carbocycles. The van der Waals surface area contributed by atoms with E-state index >= 15 is 0 Å². The van der Waals surface area contributed by atoms with E-state index in [-0.39, 0.29) is 13.2 Å². The fraction of sp³-hybridized carbons (Fsp3) is 0.364. The van der Waals surface area contributed by atoms with Gasteiger partial charge in [0, 0.05) is 23.5 Å². The Morgan fingerprint density at radius 1 is 0.806 bits per heavy atom. The van der Waals surface area contributed by atoms with Crippen molar-refractivity contribution in [3.63, 3.8) is 0 Å². The number of hydrogen-bond acceptors (Lipinski definition) is 7. The molecule has 9 heteroatoms. The molecule has 0 N–H and O–H groups in total. The summed E-state index contributed by atoms with van der Waals surface area (Å²) in [7, 11) is -7.11. The molecule has 0 atom stereocenters. The molecule has 0 radical (unpaired) electrons. The highest BCUT2D eigenvalue weighted by molar-refractivity contribution is 7.86. The summed E-state index contributed by atoms with van der Waals surface area (Å²) in [5.74, 6) is 0. The number of nitrogens with zero attached hydrogens (tertiary/aromatic N) is 1. The van der Waals surface area contributed by atoms with Crippen LogP contribution >= 0.6 is 0 Å². The molecule has 0 fully saturated rings. The molecule has 1 aliphatic rings. The smallest absolute Gasteiger partial charge is 0.264 e. The molecule has 31 heavy (non-hydrogen) atoms. The average Bonchev–Trinajstić information content (AvgIpc) is 2.84. The first kappa shape index (κ1) is 23.5. The minimum atomic E-state index is -3.56. The largest absolute Gasteiger partial charge is 0.341 e. The van der Waals surface area contributed by atoms with Crippen molar-refractivity contribution < 1.29 is 25.2 Å². The molecular weight excluding hydrogens is 438 g/mol. The van der Waals surface area contributed by atoms with Crippen molar-refractivity contribution in [3.8, 4) is 0 Å². The van der Waals surface area contributed by atoms with Crippen LogP contribution in [0.1, 0.15) is 29.2 Å². The second kappa shape index (κ2) is 9.52. The van der Waals surface area contributed by atoms with Crippen LogP contribution in [-0.4, -0.2) is 49.1 Å². The Balaban J connectivity index is 2.04. The van der Waals surface area contributed by atoms with Crippen LogP contribution in [0, 0.1) is 0 Å². The number of para-hydroxylation sites is 1. The van der Waals surface area contributed by atoms with Crippen LogP contribution in [0.5, 0.6) is 0 Å². The lowest BCUT2D eigenvalue weighted by Crippen LogP contribution is -2.19. The highest BCUT2D eigenvalue weighted by Crippen LogP contribution is 2.38. The molecule has 0 spiro atoms. The predicted molar refractivity (Wildman–Crippen MR) is 123 cm³/mol. The van der Waals surface area contributed by atoms with Crippen molar-refractivity contribution >= 4 is 43.8 Å². The first-order valence-electron chi connectivity index (χ1n) is 9.97. The third kappa shape index (κ3) is 6.16. The molecule has 0 amide bonds. The SMILES string of the molecule is CCN1c2ccccc2C=Cc2c1ccc(CCOS(C)(=O)=O)c2CCOS(C)(=O)=O. The molecule has 0 bridgehead atoms. The molecule has 0 unspecified atom stereocenters. The Morgan fingerprint density at radius 2 is 1.45 bits per heavy atom. The molecule has 7 nitrogen and oxygen atoms in total. The lowest BCUT2D eigenvalue weighted by molar-refractivity contribution is 0.319.